The highest BCUT2D eigenvalue weighted by Crippen LogP contribution is 2.12. The fourth-order valence-electron chi connectivity index (χ4n) is 0.780. The number of hydrogen-bond donors (Lipinski definition) is 0. The van der Waals surface area contributed by atoms with E-state index < -0.39 is 0 Å². The summed E-state index contributed by atoms with van der Waals surface area (Å²) in [5, 5.41) is 0. The Morgan fingerprint density at radius 1 is 1.78 bits per heavy atom. The van der Waals surface area contributed by atoms with Crippen molar-refractivity contribution < 1.29 is 4.39 Å². The van der Waals surface area contributed by atoms with Gasteiger partial charge in [-0.3, -0.25) is 4.99 Å². The maximum absolute atomic E-state index is 12.6. The lowest BCUT2D eigenvalue weighted by molar-refractivity contribution is 0.625. The fourth-order valence-corrected chi connectivity index (χ4v) is 0.780. The quantitative estimate of drug-likeness (QED) is 0.471. The van der Waals surface area contributed by atoms with Gasteiger partial charge in [0, 0.05) is 6.54 Å². The molecule has 0 aromatic rings. The van der Waals surface area contributed by atoms with Gasteiger partial charge < -0.3 is 0 Å². The molecule has 50 valence electrons. The minimum atomic E-state index is -0.159. The van der Waals surface area contributed by atoms with Gasteiger partial charge in [0.15, 0.2) is 0 Å². The van der Waals surface area contributed by atoms with Gasteiger partial charge in [0.25, 0.3) is 0 Å². The molecule has 0 bridgehead atoms. The van der Waals surface area contributed by atoms with E-state index >= 15 is 0 Å². The summed E-state index contributed by atoms with van der Waals surface area (Å²) in [5.41, 5.74) is 0.535. The molecule has 1 unspecified atom stereocenters. The first-order valence-electron chi connectivity index (χ1n) is 3.09. The molecule has 1 atom stereocenters. The second-order valence-corrected chi connectivity index (χ2v) is 2.42. The second kappa shape index (κ2) is 2.29. The predicted molar refractivity (Wildman–Crippen MR) is 36.3 cm³/mol. The molecule has 1 rings (SSSR count). The zero-order valence-electron chi connectivity index (χ0n) is 5.69. The highest BCUT2D eigenvalue weighted by molar-refractivity contribution is 5.96. The molecule has 1 aliphatic rings. The second-order valence-electron chi connectivity index (χ2n) is 2.42. The van der Waals surface area contributed by atoms with Crippen LogP contribution in [0.4, 0.5) is 4.39 Å². The molecule has 1 nitrogen and oxygen atoms in total. The van der Waals surface area contributed by atoms with E-state index in [-0.39, 0.29) is 11.7 Å². The number of aliphatic imine (C=N–C) groups is 1. The molecule has 1 aliphatic heterocycles. The molecule has 1 heterocycles. The van der Waals surface area contributed by atoms with Crippen LogP contribution in [0, 0.1) is 5.92 Å². The minimum absolute atomic E-state index is 0.159. The van der Waals surface area contributed by atoms with Crippen molar-refractivity contribution in [2.45, 2.75) is 13.8 Å². The summed E-state index contributed by atoms with van der Waals surface area (Å²) in [6.45, 7) is 4.38. The Morgan fingerprint density at radius 2 is 2.44 bits per heavy atom. The van der Waals surface area contributed by atoms with Crippen LogP contribution in [-0.4, -0.2) is 12.3 Å². The molecule has 0 aliphatic carbocycles. The topological polar surface area (TPSA) is 12.4 Å². The zero-order valence-corrected chi connectivity index (χ0v) is 5.69. The first-order valence-corrected chi connectivity index (χ1v) is 3.09. The normalized spacial score (nSPS) is 27.2. The van der Waals surface area contributed by atoms with Gasteiger partial charge in [-0.15, -0.1) is 0 Å². The fraction of sp³-hybridized carbons (Fsp3) is 0.571. The van der Waals surface area contributed by atoms with E-state index in [0.717, 1.165) is 6.54 Å². The van der Waals surface area contributed by atoms with Crippen LogP contribution in [0.25, 0.3) is 0 Å². The van der Waals surface area contributed by atoms with Crippen molar-refractivity contribution in [2.24, 2.45) is 10.9 Å². The van der Waals surface area contributed by atoms with Crippen molar-refractivity contribution in [3.63, 3.8) is 0 Å². The van der Waals surface area contributed by atoms with E-state index in [1.54, 1.807) is 13.0 Å². The maximum Gasteiger partial charge on any atom is 0.140 e. The van der Waals surface area contributed by atoms with Gasteiger partial charge in [-0.05, 0) is 18.9 Å². The maximum atomic E-state index is 12.6. The van der Waals surface area contributed by atoms with Gasteiger partial charge in [0.05, 0.1) is 5.71 Å². The number of dihydropyridines is 1. The molecule has 0 radical (unpaired) electrons. The van der Waals surface area contributed by atoms with E-state index in [9.17, 15) is 4.39 Å². The number of allylic oxidation sites excluding steroid dienone is 1. The summed E-state index contributed by atoms with van der Waals surface area (Å²) in [4.78, 5) is 3.97. The van der Waals surface area contributed by atoms with Crippen LogP contribution in [0.3, 0.4) is 0 Å². The third-order valence-electron chi connectivity index (χ3n) is 1.39. The van der Waals surface area contributed by atoms with Gasteiger partial charge in [-0.25, -0.2) is 4.39 Å². The molecule has 2 heteroatoms. The van der Waals surface area contributed by atoms with Crippen molar-refractivity contribution in [1.82, 2.24) is 0 Å². The molecule has 0 saturated heterocycles. The van der Waals surface area contributed by atoms with Gasteiger partial charge >= 0.3 is 0 Å². The Balaban J connectivity index is 2.75. The minimum Gasteiger partial charge on any atom is -0.286 e. The van der Waals surface area contributed by atoms with E-state index in [2.05, 4.69) is 4.99 Å². The smallest absolute Gasteiger partial charge is 0.140 e. The Labute approximate surface area is 54.3 Å². The first-order chi connectivity index (χ1) is 4.20. The summed E-state index contributed by atoms with van der Waals surface area (Å²) in [6.07, 6.45) is 1.61. The van der Waals surface area contributed by atoms with E-state index in [1.807, 2.05) is 6.92 Å². The first kappa shape index (κ1) is 6.46. The molecule has 9 heavy (non-hydrogen) atoms. The molecule has 0 spiro atoms. The number of halogens is 1. The van der Waals surface area contributed by atoms with Crippen LogP contribution in [-0.2, 0) is 0 Å². The summed E-state index contributed by atoms with van der Waals surface area (Å²) in [6, 6.07) is 0. The molecular weight excluding hydrogens is 117 g/mol. The van der Waals surface area contributed by atoms with E-state index in [1.165, 1.54) is 0 Å². The highest BCUT2D eigenvalue weighted by Gasteiger charge is 2.08. The lowest BCUT2D eigenvalue weighted by Gasteiger charge is -2.09. The average Bonchev–Trinajstić information content (AvgIpc) is 1.80. The largest absolute Gasteiger partial charge is 0.286 e. The van der Waals surface area contributed by atoms with Crippen LogP contribution in [0.2, 0.25) is 0 Å². The number of hydrogen-bond acceptors (Lipinski definition) is 1. The molecule has 0 amide bonds. The van der Waals surface area contributed by atoms with Crippen LogP contribution in [0.5, 0.6) is 0 Å². The van der Waals surface area contributed by atoms with Gasteiger partial charge in [0.2, 0.25) is 0 Å². The standard InChI is InChI=1S/C7H10FN/c1-5-3-7(8)6(2)9-4-5/h3,5H,4H2,1-2H3. The van der Waals surface area contributed by atoms with Crippen LogP contribution in [0.15, 0.2) is 16.9 Å². The Bertz CT molecular complexity index is 170. The van der Waals surface area contributed by atoms with Crippen molar-refractivity contribution in [1.29, 1.82) is 0 Å². The van der Waals surface area contributed by atoms with Gasteiger partial charge in [-0.1, -0.05) is 6.92 Å². The number of rotatable bonds is 0. The third kappa shape index (κ3) is 1.37. The summed E-state index contributed by atoms with van der Waals surface area (Å²) in [7, 11) is 0. The van der Waals surface area contributed by atoms with Crippen molar-refractivity contribution in [3.05, 3.63) is 11.9 Å². The molecule has 0 aromatic heterocycles. The lowest BCUT2D eigenvalue weighted by Crippen LogP contribution is -2.07. The van der Waals surface area contributed by atoms with Gasteiger partial charge in [-0.2, -0.15) is 0 Å². The zero-order chi connectivity index (χ0) is 6.85. The third-order valence-corrected chi connectivity index (χ3v) is 1.39. The van der Waals surface area contributed by atoms with E-state index in [0.29, 0.717) is 5.71 Å². The summed E-state index contributed by atoms with van der Waals surface area (Å²) >= 11 is 0. The SMILES string of the molecule is CC1=NCC(C)C=C1F. The van der Waals surface area contributed by atoms with Crippen LogP contribution >= 0.6 is 0 Å². The molecule has 0 N–H and O–H groups in total. The van der Waals surface area contributed by atoms with Crippen LogP contribution < -0.4 is 0 Å². The lowest BCUT2D eigenvalue weighted by atomic mass is 10.1. The predicted octanol–water partition coefficient (Wildman–Crippen LogP) is 1.95. The van der Waals surface area contributed by atoms with Crippen molar-refractivity contribution >= 4 is 5.71 Å². The van der Waals surface area contributed by atoms with Crippen molar-refractivity contribution in [3.8, 4) is 0 Å². The Hall–Kier alpha value is -0.660. The monoisotopic (exact) mass is 127 g/mol. The molecule has 0 saturated carbocycles. The molecule has 0 fully saturated rings. The highest BCUT2D eigenvalue weighted by atomic mass is 19.1. The van der Waals surface area contributed by atoms with Crippen LogP contribution in [0.1, 0.15) is 13.8 Å². The van der Waals surface area contributed by atoms with Gasteiger partial charge in [0.1, 0.15) is 5.83 Å². The number of nitrogens with zero attached hydrogens (tertiary/aromatic N) is 1. The van der Waals surface area contributed by atoms with E-state index in [4.69, 9.17) is 0 Å². The average molecular weight is 127 g/mol. The Kier molecular flexibility index (Phi) is 1.65. The van der Waals surface area contributed by atoms with Crippen molar-refractivity contribution in [2.75, 3.05) is 6.54 Å². The Morgan fingerprint density at radius 3 is 2.89 bits per heavy atom. The molecular formula is C7H10FN. The molecule has 0 aromatic carbocycles. The summed E-state index contributed by atoms with van der Waals surface area (Å²) < 4.78 is 12.6. The summed E-state index contributed by atoms with van der Waals surface area (Å²) in [5.74, 6) is 0.113.